The molecule has 2 aromatic carbocycles. The van der Waals surface area contributed by atoms with Crippen LogP contribution in [0.1, 0.15) is 49.8 Å². The largest absolute Gasteiger partial charge is 0.550 e. The van der Waals surface area contributed by atoms with E-state index in [-0.39, 0.29) is 17.8 Å². The number of aromatic nitrogens is 1. The van der Waals surface area contributed by atoms with E-state index in [1.807, 2.05) is 42.6 Å². The summed E-state index contributed by atoms with van der Waals surface area (Å²) in [6.45, 7) is 6.50. The molecule has 3 rings (SSSR count). The van der Waals surface area contributed by atoms with Gasteiger partial charge in [0.25, 0.3) is 0 Å². The number of para-hydroxylation sites is 1. The predicted octanol–water partition coefficient (Wildman–Crippen LogP) is 3.74. The molecule has 0 saturated heterocycles. The van der Waals surface area contributed by atoms with Gasteiger partial charge in [-0.1, -0.05) is 63.2 Å². The van der Waals surface area contributed by atoms with Gasteiger partial charge in [-0.3, -0.25) is 0 Å². The van der Waals surface area contributed by atoms with Crippen LogP contribution in [0.3, 0.4) is 0 Å². The molecule has 0 bridgehead atoms. The van der Waals surface area contributed by atoms with Crippen LogP contribution in [0.25, 0.3) is 10.9 Å². The molecule has 1 N–H and O–H groups in total. The van der Waals surface area contributed by atoms with Crippen LogP contribution in [0, 0.1) is 0 Å². The van der Waals surface area contributed by atoms with Gasteiger partial charge in [0.05, 0.1) is 0 Å². The second-order valence-electron chi connectivity index (χ2n) is 7.29. The summed E-state index contributed by atoms with van der Waals surface area (Å²) in [5, 5.41) is 12.4. The molecule has 0 amide bonds. The summed E-state index contributed by atoms with van der Waals surface area (Å²) < 4.78 is 0. The Kier molecular flexibility index (Phi) is 4.18. The minimum atomic E-state index is -1.04. The van der Waals surface area contributed by atoms with Crippen molar-refractivity contribution >= 4 is 16.9 Å². The lowest BCUT2D eigenvalue weighted by Gasteiger charge is -2.22. The Morgan fingerprint density at radius 2 is 1.75 bits per heavy atom. The van der Waals surface area contributed by atoms with Gasteiger partial charge in [0.1, 0.15) is 0 Å². The van der Waals surface area contributed by atoms with Crippen molar-refractivity contribution in [3.05, 3.63) is 71.4 Å². The SMILES string of the molecule is CC(C)(C)c1ccc([C@@H](CC(=O)[O-])c2c[nH]c3ccccc23)cc1. The van der Waals surface area contributed by atoms with Crippen molar-refractivity contribution in [1.82, 2.24) is 4.98 Å². The lowest BCUT2D eigenvalue weighted by atomic mass is 9.83. The molecule has 0 aliphatic heterocycles. The monoisotopic (exact) mass is 320 g/mol. The zero-order chi connectivity index (χ0) is 17.3. The maximum absolute atomic E-state index is 11.3. The van der Waals surface area contributed by atoms with E-state index in [1.54, 1.807) is 0 Å². The fourth-order valence-electron chi connectivity index (χ4n) is 3.17. The predicted molar refractivity (Wildman–Crippen MR) is 94.9 cm³/mol. The zero-order valence-corrected chi connectivity index (χ0v) is 14.3. The van der Waals surface area contributed by atoms with Crippen LogP contribution in [0.15, 0.2) is 54.7 Å². The molecule has 3 heteroatoms. The molecule has 0 aliphatic rings. The van der Waals surface area contributed by atoms with Gasteiger partial charge < -0.3 is 14.9 Å². The summed E-state index contributed by atoms with van der Waals surface area (Å²) in [5.41, 5.74) is 4.32. The van der Waals surface area contributed by atoms with Crippen LogP contribution in [0.5, 0.6) is 0 Å². The number of hydrogen-bond donors (Lipinski definition) is 1. The summed E-state index contributed by atoms with van der Waals surface area (Å²) in [4.78, 5) is 14.6. The third-order valence-electron chi connectivity index (χ3n) is 4.55. The lowest BCUT2D eigenvalue weighted by molar-refractivity contribution is -0.305. The molecule has 0 unspecified atom stereocenters. The number of nitrogens with one attached hydrogen (secondary N) is 1. The van der Waals surface area contributed by atoms with Crippen molar-refractivity contribution in [3.8, 4) is 0 Å². The summed E-state index contributed by atoms with van der Waals surface area (Å²) in [5.74, 6) is -1.26. The molecular weight excluding hydrogens is 298 g/mol. The normalized spacial score (nSPS) is 13.1. The van der Waals surface area contributed by atoms with E-state index in [0.717, 1.165) is 22.0 Å². The van der Waals surface area contributed by atoms with Gasteiger partial charge in [0, 0.05) is 29.0 Å². The zero-order valence-electron chi connectivity index (χ0n) is 14.3. The number of aromatic amines is 1. The van der Waals surface area contributed by atoms with Crippen LogP contribution in [0.4, 0.5) is 0 Å². The summed E-state index contributed by atoms with van der Waals surface area (Å²) in [6, 6.07) is 16.2. The first-order chi connectivity index (χ1) is 11.4. The van der Waals surface area contributed by atoms with E-state index in [2.05, 4.69) is 37.9 Å². The highest BCUT2D eigenvalue weighted by molar-refractivity contribution is 5.85. The molecule has 24 heavy (non-hydrogen) atoms. The molecule has 0 radical (unpaired) electrons. The summed E-state index contributed by atoms with van der Waals surface area (Å²) >= 11 is 0. The van der Waals surface area contributed by atoms with E-state index >= 15 is 0 Å². The second kappa shape index (κ2) is 6.16. The molecule has 0 aliphatic carbocycles. The van der Waals surface area contributed by atoms with E-state index < -0.39 is 5.97 Å². The van der Waals surface area contributed by atoms with Crippen molar-refractivity contribution in [2.75, 3.05) is 0 Å². The Balaban J connectivity index is 2.05. The standard InChI is InChI=1S/C21H23NO2/c1-21(2,3)15-10-8-14(9-11-15)17(12-20(23)24)18-13-22-19-7-5-4-6-16(18)19/h4-11,13,17,22H,12H2,1-3H3,(H,23,24)/p-1/t17-/m1/s1. The van der Waals surface area contributed by atoms with Crippen molar-refractivity contribution < 1.29 is 9.90 Å². The van der Waals surface area contributed by atoms with Gasteiger partial charge in [-0.15, -0.1) is 0 Å². The first kappa shape index (κ1) is 16.3. The Bertz CT molecular complexity index is 853. The van der Waals surface area contributed by atoms with E-state index in [4.69, 9.17) is 0 Å². The number of fused-ring (bicyclic) bond motifs is 1. The minimum absolute atomic E-state index is 0.0310. The number of H-pyrrole nitrogens is 1. The van der Waals surface area contributed by atoms with Crippen LogP contribution in [0.2, 0.25) is 0 Å². The fraction of sp³-hybridized carbons (Fsp3) is 0.286. The van der Waals surface area contributed by atoms with Gasteiger partial charge >= 0.3 is 0 Å². The summed E-state index contributed by atoms with van der Waals surface area (Å²) in [7, 11) is 0. The topological polar surface area (TPSA) is 55.9 Å². The quantitative estimate of drug-likeness (QED) is 0.796. The second-order valence-corrected chi connectivity index (χ2v) is 7.29. The van der Waals surface area contributed by atoms with Crippen molar-refractivity contribution in [2.45, 2.75) is 38.5 Å². The first-order valence-corrected chi connectivity index (χ1v) is 8.22. The Labute approximate surface area is 142 Å². The Morgan fingerprint density at radius 3 is 2.38 bits per heavy atom. The van der Waals surface area contributed by atoms with Gasteiger partial charge in [0.2, 0.25) is 0 Å². The maximum atomic E-state index is 11.3. The molecule has 0 fully saturated rings. The third kappa shape index (κ3) is 3.21. The van der Waals surface area contributed by atoms with Crippen LogP contribution >= 0.6 is 0 Å². The Morgan fingerprint density at radius 1 is 1.08 bits per heavy atom. The average Bonchev–Trinajstić information content (AvgIpc) is 2.96. The highest BCUT2D eigenvalue weighted by Crippen LogP contribution is 2.34. The van der Waals surface area contributed by atoms with Crippen LogP contribution < -0.4 is 5.11 Å². The van der Waals surface area contributed by atoms with E-state index in [0.29, 0.717) is 0 Å². The molecule has 3 aromatic rings. The molecule has 124 valence electrons. The van der Waals surface area contributed by atoms with Gasteiger partial charge in [-0.25, -0.2) is 0 Å². The van der Waals surface area contributed by atoms with Crippen LogP contribution in [-0.4, -0.2) is 11.0 Å². The van der Waals surface area contributed by atoms with Crippen LogP contribution in [-0.2, 0) is 10.2 Å². The highest BCUT2D eigenvalue weighted by atomic mass is 16.4. The summed E-state index contributed by atoms with van der Waals surface area (Å²) in [6.07, 6.45) is 1.88. The fourth-order valence-corrected chi connectivity index (χ4v) is 3.17. The number of carboxylic acids is 1. The number of carboxylic acid groups (broad SMARTS) is 1. The molecule has 3 nitrogen and oxygen atoms in total. The van der Waals surface area contributed by atoms with Crippen molar-refractivity contribution in [3.63, 3.8) is 0 Å². The number of hydrogen-bond acceptors (Lipinski definition) is 2. The molecule has 0 spiro atoms. The molecule has 1 aromatic heterocycles. The Hall–Kier alpha value is -2.55. The number of aliphatic carboxylic acids is 1. The van der Waals surface area contributed by atoms with E-state index in [1.165, 1.54) is 5.56 Å². The van der Waals surface area contributed by atoms with Gasteiger partial charge in [0.15, 0.2) is 0 Å². The average molecular weight is 320 g/mol. The first-order valence-electron chi connectivity index (χ1n) is 8.22. The number of carbonyl (C=O) groups is 1. The smallest absolute Gasteiger partial charge is 0.0457 e. The van der Waals surface area contributed by atoms with Gasteiger partial charge in [-0.05, 0) is 34.6 Å². The van der Waals surface area contributed by atoms with Crippen molar-refractivity contribution in [1.29, 1.82) is 0 Å². The lowest BCUT2D eigenvalue weighted by Crippen LogP contribution is -2.25. The van der Waals surface area contributed by atoms with E-state index in [9.17, 15) is 9.90 Å². The maximum Gasteiger partial charge on any atom is 0.0457 e. The number of carbonyl (C=O) groups excluding carboxylic acids is 1. The molecule has 1 heterocycles. The third-order valence-corrected chi connectivity index (χ3v) is 4.55. The number of benzene rings is 2. The molecule has 0 saturated carbocycles. The minimum Gasteiger partial charge on any atom is -0.550 e. The molecule has 1 atom stereocenters. The number of rotatable bonds is 4. The van der Waals surface area contributed by atoms with Gasteiger partial charge in [-0.2, -0.15) is 0 Å². The highest BCUT2D eigenvalue weighted by Gasteiger charge is 2.20. The van der Waals surface area contributed by atoms with Crippen molar-refractivity contribution in [2.24, 2.45) is 0 Å². The molecular formula is C21H22NO2-.